The first-order valence-corrected chi connectivity index (χ1v) is 7.88. The number of rotatable bonds is 1. The number of hydrogen-bond acceptors (Lipinski definition) is 1. The third kappa shape index (κ3) is 2.08. The molecule has 2 heterocycles. The van der Waals surface area contributed by atoms with Crippen molar-refractivity contribution >= 4 is 27.6 Å². The van der Waals surface area contributed by atoms with Crippen molar-refractivity contribution in [1.82, 2.24) is 0 Å². The van der Waals surface area contributed by atoms with Gasteiger partial charge in [0.1, 0.15) is 18.2 Å². The normalized spacial score (nSPS) is 11.1. The standard InChI is InChI=1S/C21H17N2O/c1-13-10-19-17(12-16(13)18-7-5-6-8-23(18)4)21-14(2)9-15(22-3)11-20(21)24-19/h5-12H,1-2,4H3/q+1. The average molecular weight is 313 g/mol. The molecule has 0 unspecified atom stereocenters. The quantitative estimate of drug-likeness (QED) is 0.347. The van der Waals surface area contributed by atoms with Crippen LogP contribution in [0.5, 0.6) is 0 Å². The van der Waals surface area contributed by atoms with Crippen LogP contribution in [0.4, 0.5) is 5.69 Å². The van der Waals surface area contributed by atoms with Gasteiger partial charge in [-0.3, -0.25) is 0 Å². The van der Waals surface area contributed by atoms with Gasteiger partial charge in [-0.1, -0.05) is 6.07 Å². The van der Waals surface area contributed by atoms with Crippen LogP contribution in [0.1, 0.15) is 11.1 Å². The summed E-state index contributed by atoms with van der Waals surface area (Å²) in [5, 5.41) is 2.20. The Morgan fingerprint density at radius 3 is 2.58 bits per heavy atom. The number of furan rings is 1. The zero-order chi connectivity index (χ0) is 16.8. The van der Waals surface area contributed by atoms with Crippen molar-refractivity contribution in [2.45, 2.75) is 13.8 Å². The lowest BCUT2D eigenvalue weighted by Gasteiger charge is -2.05. The molecule has 2 aromatic heterocycles. The van der Waals surface area contributed by atoms with E-state index in [1.807, 2.05) is 25.1 Å². The van der Waals surface area contributed by atoms with Crippen LogP contribution in [-0.2, 0) is 7.05 Å². The van der Waals surface area contributed by atoms with E-state index in [0.717, 1.165) is 27.5 Å². The van der Waals surface area contributed by atoms with Crippen LogP contribution >= 0.6 is 0 Å². The van der Waals surface area contributed by atoms with Crippen molar-refractivity contribution in [2.24, 2.45) is 7.05 Å². The van der Waals surface area contributed by atoms with Gasteiger partial charge >= 0.3 is 0 Å². The lowest BCUT2D eigenvalue weighted by atomic mass is 9.99. The Bertz CT molecular complexity index is 1150. The van der Waals surface area contributed by atoms with E-state index in [-0.39, 0.29) is 0 Å². The highest BCUT2D eigenvalue weighted by atomic mass is 16.3. The predicted molar refractivity (Wildman–Crippen MR) is 96.1 cm³/mol. The van der Waals surface area contributed by atoms with Crippen molar-refractivity contribution in [3.63, 3.8) is 0 Å². The highest BCUT2D eigenvalue weighted by Crippen LogP contribution is 2.37. The number of hydrogen-bond donors (Lipinski definition) is 0. The first-order chi connectivity index (χ1) is 11.6. The fourth-order valence-electron chi connectivity index (χ4n) is 3.39. The fraction of sp³-hybridized carbons (Fsp3) is 0.143. The van der Waals surface area contributed by atoms with Crippen LogP contribution in [0.2, 0.25) is 0 Å². The highest BCUT2D eigenvalue weighted by Gasteiger charge is 2.17. The van der Waals surface area contributed by atoms with Crippen LogP contribution in [0.25, 0.3) is 38.0 Å². The van der Waals surface area contributed by atoms with Crippen molar-refractivity contribution in [3.8, 4) is 11.3 Å². The maximum Gasteiger partial charge on any atom is 0.212 e. The number of aromatic nitrogens is 1. The maximum atomic E-state index is 7.23. The summed E-state index contributed by atoms with van der Waals surface area (Å²) in [5.41, 5.74) is 6.88. The van der Waals surface area contributed by atoms with Gasteiger partial charge in [0, 0.05) is 28.5 Å². The molecule has 0 aliphatic heterocycles. The minimum atomic E-state index is 0.616. The minimum absolute atomic E-state index is 0.616. The van der Waals surface area contributed by atoms with E-state index in [2.05, 4.69) is 53.8 Å². The molecule has 0 saturated carbocycles. The molecule has 2 aromatic carbocycles. The maximum absolute atomic E-state index is 7.23. The molecule has 0 aliphatic carbocycles. The molecule has 4 rings (SSSR count). The summed E-state index contributed by atoms with van der Waals surface area (Å²) < 4.78 is 8.15. The van der Waals surface area contributed by atoms with Crippen LogP contribution in [0.3, 0.4) is 0 Å². The second-order valence-electron chi connectivity index (χ2n) is 6.21. The Hall–Kier alpha value is -3.12. The number of fused-ring (bicyclic) bond motifs is 3. The molecular formula is C21H17N2O+. The summed E-state index contributed by atoms with van der Waals surface area (Å²) in [6.45, 7) is 11.4. The molecule has 0 radical (unpaired) electrons. The topological polar surface area (TPSA) is 21.4 Å². The molecule has 0 aliphatic rings. The second-order valence-corrected chi connectivity index (χ2v) is 6.21. The summed E-state index contributed by atoms with van der Waals surface area (Å²) in [5.74, 6) is 0. The predicted octanol–water partition coefficient (Wildman–Crippen LogP) is 5.25. The zero-order valence-electron chi connectivity index (χ0n) is 13.9. The van der Waals surface area contributed by atoms with Crippen molar-refractivity contribution in [2.75, 3.05) is 0 Å². The van der Waals surface area contributed by atoms with Gasteiger partial charge in [-0.2, -0.15) is 0 Å². The van der Waals surface area contributed by atoms with Crippen LogP contribution in [0.15, 0.2) is 53.1 Å². The average Bonchev–Trinajstić information content (AvgIpc) is 2.92. The smallest absolute Gasteiger partial charge is 0.212 e. The summed E-state index contributed by atoms with van der Waals surface area (Å²) in [6.07, 6.45) is 2.06. The lowest BCUT2D eigenvalue weighted by molar-refractivity contribution is -0.660. The van der Waals surface area contributed by atoms with Gasteiger partial charge in [-0.15, -0.1) is 0 Å². The Morgan fingerprint density at radius 1 is 1.00 bits per heavy atom. The monoisotopic (exact) mass is 313 g/mol. The van der Waals surface area contributed by atoms with Crippen molar-refractivity contribution in [1.29, 1.82) is 0 Å². The van der Waals surface area contributed by atoms with Gasteiger partial charge in [0.25, 0.3) is 0 Å². The lowest BCUT2D eigenvalue weighted by Crippen LogP contribution is -2.30. The first kappa shape index (κ1) is 14.5. The largest absolute Gasteiger partial charge is 0.457 e. The minimum Gasteiger partial charge on any atom is -0.457 e. The molecule has 0 atom stereocenters. The van der Waals surface area contributed by atoms with E-state index < -0.39 is 0 Å². The number of nitrogens with zero attached hydrogens (tertiary/aromatic N) is 2. The molecule has 0 N–H and O–H groups in total. The molecule has 116 valence electrons. The molecule has 4 aromatic rings. The van der Waals surface area contributed by atoms with Gasteiger partial charge in [0.2, 0.25) is 5.69 Å². The molecule has 3 heteroatoms. The van der Waals surface area contributed by atoms with E-state index in [9.17, 15) is 0 Å². The van der Waals surface area contributed by atoms with Crippen molar-refractivity contribution < 1.29 is 8.98 Å². The Balaban J connectivity index is 2.09. The molecule has 0 bridgehead atoms. The molecule has 0 amide bonds. The Labute approximate surface area is 140 Å². The van der Waals surface area contributed by atoms with E-state index in [1.165, 1.54) is 16.8 Å². The van der Waals surface area contributed by atoms with E-state index in [0.29, 0.717) is 5.69 Å². The summed E-state index contributed by atoms with van der Waals surface area (Å²) in [4.78, 5) is 3.53. The van der Waals surface area contributed by atoms with Gasteiger partial charge in [-0.05, 0) is 49.2 Å². The highest BCUT2D eigenvalue weighted by molar-refractivity contribution is 6.09. The van der Waals surface area contributed by atoms with Gasteiger partial charge in [-0.25, -0.2) is 9.41 Å². The third-order valence-corrected chi connectivity index (χ3v) is 4.56. The van der Waals surface area contributed by atoms with Gasteiger partial charge in [0.15, 0.2) is 11.9 Å². The third-order valence-electron chi connectivity index (χ3n) is 4.56. The Morgan fingerprint density at radius 2 is 1.83 bits per heavy atom. The summed E-state index contributed by atoms with van der Waals surface area (Å²) in [7, 11) is 2.06. The van der Waals surface area contributed by atoms with E-state index in [1.54, 1.807) is 0 Å². The number of aryl methyl sites for hydroxylation is 3. The molecule has 24 heavy (non-hydrogen) atoms. The molecular weight excluding hydrogens is 296 g/mol. The Kier molecular flexibility index (Phi) is 3.14. The first-order valence-electron chi connectivity index (χ1n) is 7.88. The van der Waals surface area contributed by atoms with E-state index >= 15 is 0 Å². The SMILES string of the molecule is [C-]#[N+]c1cc(C)c2c(c1)oc1cc(C)c(-c3cccc[n+]3C)cc12. The van der Waals surface area contributed by atoms with Crippen molar-refractivity contribution in [3.05, 3.63) is 71.2 Å². The number of pyridine rings is 1. The molecule has 3 nitrogen and oxygen atoms in total. The fourth-order valence-corrected chi connectivity index (χ4v) is 3.39. The second kappa shape index (κ2) is 5.21. The van der Waals surface area contributed by atoms with Crippen LogP contribution in [-0.4, -0.2) is 0 Å². The summed E-state index contributed by atoms with van der Waals surface area (Å²) in [6, 6.07) is 14.3. The number of benzene rings is 2. The van der Waals surface area contributed by atoms with Gasteiger partial charge in [0.05, 0.1) is 6.57 Å². The van der Waals surface area contributed by atoms with Crippen LogP contribution < -0.4 is 4.57 Å². The molecule has 0 fully saturated rings. The molecule has 0 saturated heterocycles. The molecule has 0 spiro atoms. The van der Waals surface area contributed by atoms with Crippen LogP contribution in [0, 0.1) is 20.4 Å². The van der Waals surface area contributed by atoms with E-state index in [4.69, 9.17) is 11.0 Å². The van der Waals surface area contributed by atoms with Gasteiger partial charge < -0.3 is 4.42 Å². The summed E-state index contributed by atoms with van der Waals surface area (Å²) >= 11 is 0. The zero-order valence-corrected chi connectivity index (χ0v) is 13.9.